The second-order valence-electron chi connectivity index (χ2n) is 4.91. The summed E-state index contributed by atoms with van der Waals surface area (Å²) in [5.74, 6) is 0.0689. The first kappa shape index (κ1) is 12.8. The van der Waals surface area contributed by atoms with E-state index in [-0.39, 0.29) is 11.8 Å². The molecule has 1 aliphatic heterocycles. The van der Waals surface area contributed by atoms with Crippen molar-refractivity contribution in [2.75, 3.05) is 25.4 Å². The second-order valence-corrected chi connectivity index (χ2v) is 6.83. The summed E-state index contributed by atoms with van der Waals surface area (Å²) in [6.07, 6.45) is 3.97. The Morgan fingerprint density at radius 1 is 1.24 bits per heavy atom. The van der Waals surface area contributed by atoms with E-state index in [0.29, 0.717) is 12.5 Å². The molecule has 0 radical (unpaired) electrons. The molecule has 2 fully saturated rings. The first-order chi connectivity index (χ1) is 8.13. The van der Waals surface area contributed by atoms with Gasteiger partial charge in [0.05, 0.1) is 6.07 Å². The molecule has 0 unspecified atom stereocenters. The molecule has 0 atom stereocenters. The molecule has 1 saturated carbocycles. The van der Waals surface area contributed by atoms with Gasteiger partial charge in [-0.2, -0.15) is 9.57 Å². The highest BCUT2D eigenvalue weighted by Crippen LogP contribution is 2.31. The zero-order valence-electron chi connectivity index (χ0n) is 9.93. The molecule has 2 aliphatic rings. The average Bonchev–Trinajstić information content (AvgIpc) is 3.11. The average molecular weight is 257 g/mol. The fourth-order valence-corrected chi connectivity index (χ4v) is 3.77. The van der Waals surface area contributed by atoms with Gasteiger partial charge in [0.25, 0.3) is 0 Å². The first-order valence-electron chi connectivity index (χ1n) is 6.20. The minimum Gasteiger partial charge on any atom is -0.317 e. The molecule has 6 heteroatoms. The zero-order chi connectivity index (χ0) is 12.3. The maximum atomic E-state index is 12.0. The zero-order valence-corrected chi connectivity index (χ0v) is 10.7. The quantitative estimate of drug-likeness (QED) is 0.769. The van der Waals surface area contributed by atoms with Crippen LogP contribution in [-0.4, -0.2) is 44.2 Å². The van der Waals surface area contributed by atoms with Crippen LogP contribution in [0.5, 0.6) is 0 Å². The van der Waals surface area contributed by atoms with Crippen molar-refractivity contribution in [3.8, 4) is 6.07 Å². The van der Waals surface area contributed by atoms with Crippen LogP contribution in [0.1, 0.15) is 25.7 Å². The van der Waals surface area contributed by atoms with Crippen LogP contribution in [0.2, 0.25) is 0 Å². The lowest BCUT2D eigenvalue weighted by molar-refractivity contribution is 0.284. The van der Waals surface area contributed by atoms with Crippen molar-refractivity contribution in [2.24, 2.45) is 5.92 Å². The molecule has 2 rings (SSSR count). The minimum absolute atomic E-state index is 0.170. The van der Waals surface area contributed by atoms with Gasteiger partial charge in [-0.25, -0.2) is 8.42 Å². The smallest absolute Gasteiger partial charge is 0.227 e. The van der Waals surface area contributed by atoms with E-state index in [0.717, 1.165) is 38.8 Å². The third-order valence-electron chi connectivity index (χ3n) is 3.46. The van der Waals surface area contributed by atoms with Gasteiger partial charge in [-0.3, -0.25) is 0 Å². The summed E-state index contributed by atoms with van der Waals surface area (Å²) in [6.45, 7) is 2.55. The predicted molar refractivity (Wildman–Crippen MR) is 64.7 cm³/mol. The Labute approximate surface area is 103 Å². The Balaban J connectivity index is 2.00. The van der Waals surface area contributed by atoms with E-state index in [2.05, 4.69) is 5.32 Å². The van der Waals surface area contributed by atoms with Gasteiger partial charge in [0.2, 0.25) is 10.0 Å². The summed E-state index contributed by atoms with van der Waals surface area (Å²) in [5.41, 5.74) is 0. The molecular formula is C11H19N3O2S. The number of nitriles is 1. The van der Waals surface area contributed by atoms with E-state index in [1.54, 1.807) is 10.4 Å². The SMILES string of the molecule is N#CCS(=O)(=O)N(CC1CCNCC1)C1CC1. The van der Waals surface area contributed by atoms with Gasteiger partial charge in [-0.05, 0) is 44.7 Å². The topological polar surface area (TPSA) is 73.2 Å². The standard InChI is InChI=1S/C11H19N3O2S/c12-5-8-17(15,16)14(11-1-2-11)9-10-3-6-13-7-4-10/h10-11,13H,1-4,6-9H2. The van der Waals surface area contributed by atoms with Gasteiger partial charge < -0.3 is 5.32 Å². The largest absolute Gasteiger partial charge is 0.317 e. The molecule has 17 heavy (non-hydrogen) atoms. The Morgan fingerprint density at radius 3 is 2.41 bits per heavy atom. The molecule has 0 amide bonds. The first-order valence-corrected chi connectivity index (χ1v) is 7.81. The fraction of sp³-hybridized carbons (Fsp3) is 0.909. The summed E-state index contributed by atoms with van der Waals surface area (Å²) in [4.78, 5) is 0. The van der Waals surface area contributed by atoms with Crippen molar-refractivity contribution in [3.05, 3.63) is 0 Å². The van der Waals surface area contributed by atoms with E-state index in [1.165, 1.54) is 0 Å². The number of nitrogens with one attached hydrogen (secondary N) is 1. The molecule has 1 aliphatic carbocycles. The summed E-state index contributed by atoms with van der Waals surface area (Å²) >= 11 is 0. The number of piperidine rings is 1. The minimum atomic E-state index is -3.36. The summed E-state index contributed by atoms with van der Waals surface area (Å²) in [7, 11) is -3.36. The molecule has 0 spiro atoms. The third kappa shape index (κ3) is 3.41. The highest BCUT2D eigenvalue weighted by Gasteiger charge is 2.38. The molecule has 0 bridgehead atoms. The molecule has 1 N–H and O–H groups in total. The van der Waals surface area contributed by atoms with Crippen LogP contribution in [0.3, 0.4) is 0 Å². The second kappa shape index (κ2) is 5.34. The van der Waals surface area contributed by atoms with Crippen molar-refractivity contribution in [3.63, 3.8) is 0 Å². The van der Waals surface area contributed by atoms with Gasteiger partial charge in [-0.1, -0.05) is 0 Å². The molecule has 0 aromatic heterocycles. The monoisotopic (exact) mass is 257 g/mol. The van der Waals surface area contributed by atoms with Gasteiger partial charge in [0.1, 0.15) is 0 Å². The maximum absolute atomic E-state index is 12.0. The van der Waals surface area contributed by atoms with Gasteiger partial charge in [0.15, 0.2) is 5.75 Å². The third-order valence-corrected chi connectivity index (χ3v) is 5.11. The van der Waals surface area contributed by atoms with Gasteiger partial charge in [-0.15, -0.1) is 0 Å². The van der Waals surface area contributed by atoms with Crippen molar-refractivity contribution in [2.45, 2.75) is 31.7 Å². The van der Waals surface area contributed by atoms with Crippen molar-refractivity contribution >= 4 is 10.0 Å². The van der Waals surface area contributed by atoms with Crippen LogP contribution in [0.4, 0.5) is 0 Å². The normalized spacial score (nSPS) is 22.6. The summed E-state index contributed by atoms with van der Waals surface area (Å²) in [6, 6.07) is 1.94. The van der Waals surface area contributed by atoms with Crippen molar-refractivity contribution < 1.29 is 8.42 Å². The molecule has 0 aromatic carbocycles. The van der Waals surface area contributed by atoms with Crippen LogP contribution in [0.25, 0.3) is 0 Å². The predicted octanol–water partition coefficient (Wildman–Crippen LogP) is 0.304. The Hall–Kier alpha value is -0.640. The molecule has 5 nitrogen and oxygen atoms in total. The Bertz CT molecular complexity index is 391. The van der Waals surface area contributed by atoms with Crippen molar-refractivity contribution in [1.29, 1.82) is 5.26 Å². The number of hydrogen-bond acceptors (Lipinski definition) is 4. The molecule has 0 aromatic rings. The molecule has 1 saturated heterocycles. The van der Waals surface area contributed by atoms with Crippen molar-refractivity contribution in [1.82, 2.24) is 9.62 Å². The fourth-order valence-electron chi connectivity index (χ4n) is 2.34. The van der Waals surface area contributed by atoms with E-state index in [4.69, 9.17) is 5.26 Å². The Kier molecular flexibility index (Phi) is 4.02. The van der Waals surface area contributed by atoms with E-state index in [9.17, 15) is 8.42 Å². The van der Waals surface area contributed by atoms with Crippen LogP contribution in [-0.2, 0) is 10.0 Å². The van der Waals surface area contributed by atoms with E-state index in [1.807, 2.05) is 0 Å². The highest BCUT2D eigenvalue weighted by atomic mass is 32.2. The summed E-state index contributed by atoms with van der Waals surface area (Å²) < 4.78 is 25.5. The lowest BCUT2D eigenvalue weighted by atomic mass is 9.98. The molecular weight excluding hydrogens is 238 g/mol. The Morgan fingerprint density at radius 2 is 1.88 bits per heavy atom. The lowest BCUT2D eigenvalue weighted by Crippen LogP contribution is -2.41. The van der Waals surface area contributed by atoms with E-state index >= 15 is 0 Å². The molecule has 1 heterocycles. The van der Waals surface area contributed by atoms with Crippen LogP contribution in [0, 0.1) is 17.2 Å². The van der Waals surface area contributed by atoms with Crippen LogP contribution in [0.15, 0.2) is 0 Å². The van der Waals surface area contributed by atoms with Crippen LogP contribution >= 0.6 is 0 Å². The lowest BCUT2D eigenvalue weighted by Gasteiger charge is -2.29. The number of rotatable bonds is 5. The summed E-state index contributed by atoms with van der Waals surface area (Å²) in [5, 5.41) is 11.9. The number of nitrogens with zero attached hydrogens (tertiary/aromatic N) is 2. The maximum Gasteiger partial charge on any atom is 0.227 e. The van der Waals surface area contributed by atoms with Gasteiger partial charge >= 0.3 is 0 Å². The number of hydrogen-bond donors (Lipinski definition) is 1. The van der Waals surface area contributed by atoms with E-state index < -0.39 is 10.0 Å². The molecule has 96 valence electrons. The van der Waals surface area contributed by atoms with Gasteiger partial charge in [0, 0.05) is 12.6 Å². The number of sulfonamides is 1. The highest BCUT2D eigenvalue weighted by molar-refractivity contribution is 7.89. The van der Waals surface area contributed by atoms with Crippen LogP contribution < -0.4 is 5.32 Å².